The molecule has 0 N–H and O–H groups in total. The van der Waals surface area contributed by atoms with Crippen molar-refractivity contribution in [3.8, 4) is 0 Å². The molecule has 0 aromatic carbocycles. The molecule has 12 heavy (non-hydrogen) atoms. The Balaban J connectivity index is 0. The van der Waals surface area contributed by atoms with Crippen molar-refractivity contribution in [1.82, 2.24) is 0 Å². The molecule has 0 spiro atoms. The number of ether oxygens (including phenoxy) is 1. The van der Waals surface area contributed by atoms with Crippen LogP contribution in [0.15, 0.2) is 12.7 Å². The Kier molecular flexibility index (Phi) is 13.3. The van der Waals surface area contributed by atoms with E-state index in [0.717, 1.165) is 6.08 Å². The molecule has 0 rings (SSSR count). The quantitative estimate of drug-likeness (QED) is 0.450. The second-order valence-corrected chi connectivity index (χ2v) is 12.5. The van der Waals surface area contributed by atoms with Gasteiger partial charge in [0.2, 0.25) is 0 Å². The van der Waals surface area contributed by atoms with Gasteiger partial charge >= 0.3 is 53.4 Å². The van der Waals surface area contributed by atoms with Crippen molar-refractivity contribution in [2.45, 2.75) is 27.7 Å². The summed E-state index contributed by atoms with van der Waals surface area (Å²) >= 11 is -0.718. The van der Waals surface area contributed by atoms with Gasteiger partial charge in [0.25, 0.3) is 0 Å². The van der Waals surface area contributed by atoms with Crippen LogP contribution in [0.2, 0.25) is 14.3 Å². The van der Waals surface area contributed by atoms with Gasteiger partial charge in [-0.05, 0) is 0 Å². The van der Waals surface area contributed by atoms with E-state index in [-0.39, 0.29) is 0 Å². The molecule has 0 saturated heterocycles. The Morgan fingerprint density at radius 2 is 2.08 bits per heavy atom. The number of carbonyl (C=O) groups is 1. The van der Waals surface area contributed by atoms with Gasteiger partial charge in [-0.2, -0.15) is 0 Å². The van der Waals surface area contributed by atoms with Crippen LogP contribution in [0, 0.1) is 0 Å². The van der Waals surface area contributed by atoms with E-state index >= 15 is 0 Å². The summed E-state index contributed by atoms with van der Waals surface area (Å²) in [6.07, 6.45) is 2.54. The van der Waals surface area contributed by atoms with Crippen molar-refractivity contribution < 1.29 is 9.53 Å². The van der Waals surface area contributed by atoms with Gasteiger partial charge in [0.1, 0.15) is 0 Å². The maximum absolute atomic E-state index is 9.84. The van der Waals surface area contributed by atoms with Crippen molar-refractivity contribution >= 4 is 25.7 Å². The minimum atomic E-state index is -0.718. The van der Waals surface area contributed by atoms with Crippen LogP contribution in [-0.4, -0.2) is 32.8 Å². The topological polar surface area (TPSA) is 26.3 Å². The van der Waals surface area contributed by atoms with E-state index in [2.05, 4.69) is 28.1 Å². The van der Waals surface area contributed by atoms with Crippen LogP contribution in [0.1, 0.15) is 13.3 Å². The fourth-order valence-electron chi connectivity index (χ4n) is 0.661. The van der Waals surface area contributed by atoms with Gasteiger partial charge in [-0.15, -0.1) is 0 Å². The normalized spacial score (nSPS) is 8.42. The van der Waals surface area contributed by atoms with Crippen LogP contribution in [0.25, 0.3) is 0 Å². The third-order valence-electron chi connectivity index (χ3n) is 1.23. The average molecular weight is 279 g/mol. The van der Waals surface area contributed by atoms with Gasteiger partial charge in [0, 0.05) is 6.08 Å². The van der Waals surface area contributed by atoms with Crippen molar-refractivity contribution in [1.29, 1.82) is 0 Å². The van der Waals surface area contributed by atoms with E-state index in [1.54, 1.807) is 4.44 Å². The van der Waals surface area contributed by atoms with Crippen LogP contribution in [0.3, 0.4) is 0 Å². The molecule has 3 heteroatoms. The molecule has 0 atom stereocenters. The summed E-state index contributed by atoms with van der Waals surface area (Å²) < 4.78 is 5.73. The monoisotopic (exact) mass is 280 g/mol. The van der Waals surface area contributed by atoms with E-state index in [0.29, 0.717) is 0 Å². The average Bonchev–Trinajstić information content (AvgIpc) is 2.04. The Hall–Kier alpha value is 0.00870. The zero-order valence-electron chi connectivity index (χ0n) is 8.59. The van der Waals surface area contributed by atoms with E-state index in [1.807, 2.05) is 0 Å². The molecule has 0 saturated carbocycles. The first-order chi connectivity index (χ1) is 5.58. The van der Waals surface area contributed by atoms with Crippen LogP contribution >= 0.6 is 0 Å². The summed E-state index contributed by atoms with van der Waals surface area (Å²) in [5.74, 6) is -0.394. The number of esters is 1. The summed E-state index contributed by atoms with van der Waals surface area (Å²) in [5.41, 5.74) is 0. The molecule has 2 nitrogen and oxygen atoms in total. The fourth-order valence-corrected chi connectivity index (χ4v) is 3.96. The predicted molar refractivity (Wildman–Crippen MR) is 56.2 cm³/mol. The molecule has 0 radical (unpaired) electrons. The molecular formula is C9H20O2Sn. The van der Waals surface area contributed by atoms with Crippen molar-refractivity contribution in [3.05, 3.63) is 12.7 Å². The molecule has 0 aromatic rings. The standard InChI is InChI=1S/C4H6O2.C3H7.2CH3.Sn.H/c1-3-4(5)6-2;1-3-2;;;;/h3H,1H2,2H3;1,3H2,2H3;2*1H3;;. The molecule has 0 amide bonds. The second-order valence-electron chi connectivity index (χ2n) is 2.91. The van der Waals surface area contributed by atoms with Gasteiger partial charge in [0.05, 0.1) is 7.11 Å². The maximum atomic E-state index is 9.84. The molecule has 0 aromatic heterocycles. The number of methoxy groups -OCH3 is 1. The fraction of sp³-hybridized carbons (Fsp3) is 0.667. The van der Waals surface area contributed by atoms with Gasteiger partial charge in [-0.1, -0.05) is 6.58 Å². The Bertz CT molecular complexity index is 122. The Morgan fingerprint density at radius 3 is 2.08 bits per heavy atom. The molecular weight excluding hydrogens is 259 g/mol. The molecule has 72 valence electrons. The molecule has 0 aliphatic heterocycles. The van der Waals surface area contributed by atoms with Gasteiger partial charge in [0.15, 0.2) is 0 Å². The van der Waals surface area contributed by atoms with E-state index in [4.69, 9.17) is 0 Å². The summed E-state index contributed by atoms with van der Waals surface area (Å²) in [5, 5.41) is 0. The SMILES string of the molecule is C=CC(=O)OC.CC[CH2][SnH]([CH3])[CH3]. The van der Waals surface area contributed by atoms with Crippen molar-refractivity contribution in [2.24, 2.45) is 0 Å². The molecule has 0 aliphatic carbocycles. The van der Waals surface area contributed by atoms with Crippen LogP contribution in [0.5, 0.6) is 0 Å². The van der Waals surface area contributed by atoms with Crippen LogP contribution in [0.4, 0.5) is 0 Å². The number of hydrogen-bond donors (Lipinski definition) is 0. The molecule has 0 bridgehead atoms. The van der Waals surface area contributed by atoms with Crippen LogP contribution in [-0.2, 0) is 9.53 Å². The summed E-state index contributed by atoms with van der Waals surface area (Å²) in [7, 11) is 1.31. The van der Waals surface area contributed by atoms with Gasteiger partial charge in [-0.3, -0.25) is 0 Å². The predicted octanol–water partition coefficient (Wildman–Crippen LogP) is 2.23. The summed E-state index contributed by atoms with van der Waals surface area (Å²) in [6, 6.07) is 0. The van der Waals surface area contributed by atoms with Crippen molar-refractivity contribution in [2.75, 3.05) is 7.11 Å². The molecule has 0 fully saturated rings. The van der Waals surface area contributed by atoms with Gasteiger partial charge < -0.3 is 4.74 Å². The Morgan fingerprint density at radius 1 is 1.58 bits per heavy atom. The van der Waals surface area contributed by atoms with E-state index in [1.165, 1.54) is 13.5 Å². The van der Waals surface area contributed by atoms with E-state index < -0.39 is 25.7 Å². The van der Waals surface area contributed by atoms with Crippen LogP contribution < -0.4 is 0 Å². The molecule has 0 heterocycles. The first-order valence-corrected chi connectivity index (χ1v) is 13.2. The number of rotatable bonds is 3. The number of hydrogen-bond acceptors (Lipinski definition) is 2. The van der Waals surface area contributed by atoms with Crippen molar-refractivity contribution in [3.63, 3.8) is 0 Å². The summed E-state index contributed by atoms with van der Waals surface area (Å²) in [4.78, 5) is 14.8. The Labute approximate surface area is 82.7 Å². The molecule has 0 aliphatic rings. The zero-order chi connectivity index (χ0) is 9.98. The van der Waals surface area contributed by atoms with Gasteiger partial charge in [-0.25, -0.2) is 4.79 Å². The first kappa shape index (κ1) is 14.5. The summed E-state index contributed by atoms with van der Waals surface area (Å²) in [6.45, 7) is 5.43. The third kappa shape index (κ3) is 16.5. The minimum absolute atomic E-state index is 0.394. The third-order valence-corrected chi connectivity index (χ3v) is 6.18. The first-order valence-electron chi connectivity index (χ1n) is 4.28. The van der Waals surface area contributed by atoms with E-state index in [9.17, 15) is 4.79 Å². The second kappa shape index (κ2) is 11.0. The zero-order valence-corrected chi connectivity index (χ0v) is 11.9. The molecule has 0 unspecified atom stereocenters. The number of carbonyl (C=O) groups excluding carboxylic acids is 1.